The second-order valence-electron chi connectivity index (χ2n) is 8.01. The van der Waals surface area contributed by atoms with Crippen LogP contribution in [0.25, 0.3) is 5.65 Å². The van der Waals surface area contributed by atoms with Crippen LogP contribution in [0.3, 0.4) is 0 Å². The van der Waals surface area contributed by atoms with Gasteiger partial charge in [-0.2, -0.15) is 0 Å². The van der Waals surface area contributed by atoms with E-state index in [2.05, 4.69) is 30.7 Å². The second kappa shape index (κ2) is 11.1. The van der Waals surface area contributed by atoms with Crippen LogP contribution in [0.1, 0.15) is 11.3 Å². The molecule has 170 valence electrons. The Hall–Kier alpha value is -2.94. The molecule has 0 aliphatic carbocycles. The van der Waals surface area contributed by atoms with Gasteiger partial charge in [-0.1, -0.05) is 18.2 Å². The topological polar surface area (TPSA) is 71.3 Å². The first-order valence-corrected chi connectivity index (χ1v) is 11.0. The van der Waals surface area contributed by atoms with Crippen molar-refractivity contribution in [1.29, 1.82) is 0 Å². The van der Waals surface area contributed by atoms with E-state index < -0.39 is 0 Å². The number of rotatable bonds is 10. The van der Waals surface area contributed by atoms with Crippen LogP contribution in [0.2, 0.25) is 0 Å². The minimum Gasteiger partial charge on any atom is -0.491 e. The first kappa shape index (κ1) is 22.3. The summed E-state index contributed by atoms with van der Waals surface area (Å²) >= 11 is 0. The molecule has 0 saturated carbocycles. The number of methoxy groups -OCH3 is 1. The summed E-state index contributed by atoms with van der Waals surface area (Å²) < 4.78 is 12.6. The SMILES string of the molecule is COCCOc1ccc(CNC(=O)CN2CCN(Cc3cn4ccccc4n3)CC2)cc1. The summed E-state index contributed by atoms with van der Waals surface area (Å²) in [6, 6.07) is 13.8. The summed E-state index contributed by atoms with van der Waals surface area (Å²) in [4.78, 5) is 21.7. The number of piperazine rings is 1. The lowest BCUT2D eigenvalue weighted by Crippen LogP contribution is -2.49. The molecule has 2 aromatic heterocycles. The number of fused-ring (bicyclic) bond motifs is 1. The summed E-state index contributed by atoms with van der Waals surface area (Å²) in [7, 11) is 1.65. The van der Waals surface area contributed by atoms with Crippen molar-refractivity contribution < 1.29 is 14.3 Å². The molecular weight excluding hydrogens is 406 g/mol. The van der Waals surface area contributed by atoms with Crippen LogP contribution in [0.5, 0.6) is 5.75 Å². The highest BCUT2D eigenvalue weighted by Gasteiger charge is 2.19. The molecule has 32 heavy (non-hydrogen) atoms. The number of carbonyl (C=O) groups is 1. The summed E-state index contributed by atoms with van der Waals surface area (Å²) in [6.07, 6.45) is 4.11. The van der Waals surface area contributed by atoms with Gasteiger partial charge in [0.1, 0.15) is 18.0 Å². The lowest BCUT2D eigenvalue weighted by Gasteiger charge is -2.33. The van der Waals surface area contributed by atoms with E-state index in [1.165, 1.54) is 0 Å². The largest absolute Gasteiger partial charge is 0.491 e. The van der Waals surface area contributed by atoms with Crippen LogP contribution in [0.15, 0.2) is 54.9 Å². The monoisotopic (exact) mass is 437 g/mol. The van der Waals surface area contributed by atoms with E-state index in [1.807, 2.05) is 48.7 Å². The number of ether oxygens (including phenoxy) is 2. The number of aromatic nitrogens is 2. The van der Waals surface area contributed by atoms with Crippen molar-refractivity contribution in [2.24, 2.45) is 0 Å². The molecule has 1 aliphatic heterocycles. The zero-order valence-electron chi connectivity index (χ0n) is 18.6. The van der Waals surface area contributed by atoms with Crippen LogP contribution in [-0.4, -0.2) is 78.1 Å². The number of pyridine rings is 1. The maximum atomic E-state index is 12.4. The lowest BCUT2D eigenvalue weighted by molar-refractivity contribution is -0.122. The van der Waals surface area contributed by atoms with Crippen molar-refractivity contribution in [3.63, 3.8) is 0 Å². The highest BCUT2D eigenvalue weighted by molar-refractivity contribution is 5.78. The molecule has 1 N–H and O–H groups in total. The van der Waals surface area contributed by atoms with Gasteiger partial charge in [0.15, 0.2) is 0 Å². The molecular formula is C24H31N5O3. The molecule has 0 unspecified atom stereocenters. The van der Waals surface area contributed by atoms with Gasteiger partial charge in [-0.25, -0.2) is 4.98 Å². The van der Waals surface area contributed by atoms with Crippen molar-refractivity contribution in [3.05, 3.63) is 66.1 Å². The molecule has 8 nitrogen and oxygen atoms in total. The van der Waals surface area contributed by atoms with E-state index in [9.17, 15) is 4.79 Å². The van der Waals surface area contributed by atoms with Crippen LogP contribution in [-0.2, 0) is 22.6 Å². The van der Waals surface area contributed by atoms with Gasteiger partial charge in [0.2, 0.25) is 5.91 Å². The fourth-order valence-corrected chi connectivity index (χ4v) is 3.80. The third-order valence-corrected chi connectivity index (χ3v) is 5.60. The van der Waals surface area contributed by atoms with E-state index in [0.717, 1.165) is 55.4 Å². The van der Waals surface area contributed by atoms with E-state index in [1.54, 1.807) is 7.11 Å². The molecule has 0 spiro atoms. The van der Waals surface area contributed by atoms with Gasteiger partial charge >= 0.3 is 0 Å². The average molecular weight is 438 g/mol. The number of carbonyl (C=O) groups excluding carboxylic acids is 1. The molecule has 0 radical (unpaired) electrons. The first-order valence-electron chi connectivity index (χ1n) is 11.0. The number of imidazole rings is 1. The van der Waals surface area contributed by atoms with Crippen molar-refractivity contribution >= 4 is 11.6 Å². The van der Waals surface area contributed by atoms with Crippen LogP contribution in [0.4, 0.5) is 0 Å². The number of hydrogen-bond donors (Lipinski definition) is 1. The molecule has 1 fully saturated rings. The number of amides is 1. The van der Waals surface area contributed by atoms with Gasteiger partial charge in [-0.15, -0.1) is 0 Å². The molecule has 3 heterocycles. The Bertz CT molecular complexity index is 963. The van der Waals surface area contributed by atoms with Gasteiger partial charge in [0, 0.05) is 58.8 Å². The molecule has 3 aromatic rings. The predicted octanol–water partition coefficient (Wildman–Crippen LogP) is 1.79. The van der Waals surface area contributed by atoms with Gasteiger partial charge in [0.25, 0.3) is 0 Å². The van der Waals surface area contributed by atoms with Crippen molar-refractivity contribution in [2.75, 3.05) is 53.0 Å². The summed E-state index contributed by atoms with van der Waals surface area (Å²) in [5, 5.41) is 3.02. The number of nitrogens with one attached hydrogen (secondary N) is 1. The van der Waals surface area contributed by atoms with E-state index in [4.69, 9.17) is 9.47 Å². The van der Waals surface area contributed by atoms with Crippen LogP contribution >= 0.6 is 0 Å². The normalized spacial score (nSPS) is 15.2. The Morgan fingerprint density at radius 2 is 1.81 bits per heavy atom. The van der Waals surface area contributed by atoms with Crippen molar-refractivity contribution in [2.45, 2.75) is 13.1 Å². The minimum atomic E-state index is 0.0548. The third-order valence-electron chi connectivity index (χ3n) is 5.60. The highest BCUT2D eigenvalue weighted by Crippen LogP contribution is 2.12. The van der Waals surface area contributed by atoms with E-state index in [0.29, 0.717) is 26.3 Å². The van der Waals surface area contributed by atoms with Gasteiger partial charge in [-0.3, -0.25) is 14.6 Å². The lowest BCUT2D eigenvalue weighted by atomic mass is 10.2. The standard InChI is InChI=1S/C24H31N5O3/c1-31-14-15-32-22-7-5-20(6-8-22)16-25-24(30)19-28-12-10-27(11-13-28)17-21-18-29-9-3-2-4-23(29)26-21/h2-9,18H,10-17,19H2,1H3,(H,25,30). The summed E-state index contributed by atoms with van der Waals surface area (Å²) in [6.45, 7) is 6.52. The Labute approximate surface area is 188 Å². The molecule has 4 rings (SSSR count). The molecule has 8 heteroatoms. The van der Waals surface area contributed by atoms with Crippen LogP contribution < -0.4 is 10.1 Å². The first-order chi connectivity index (χ1) is 15.7. The van der Waals surface area contributed by atoms with Gasteiger partial charge in [-0.05, 0) is 29.8 Å². The predicted molar refractivity (Wildman–Crippen MR) is 123 cm³/mol. The second-order valence-corrected chi connectivity index (χ2v) is 8.01. The summed E-state index contributed by atoms with van der Waals surface area (Å²) in [5.74, 6) is 0.859. The number of hydrogen-bond acceptors (Lipinski definition) is 6. The number of nitrogens with zero attached hydrogens (tertiary/aromatic N) is 4. The Balaban J connectivity index is 1.15. The molecule has 0 bridgehead atoms. The van der Waals surface area contributed by atoms with E-state index in [-0.39, 0.29) is 5.91 Å². The van der Waals surface area contributed by atoms with Crippen LogP contribution in [0, 0.1) is 0 Å². The fourth-order valence-electron chi connectivity index (χ4n) is 3.80. The van der Waals surface area contributed by atoms with Crippen molar-refractivity contribution in [1.82, 2.24) is 24.5 Å². The Morgan fingerprint density at radius 3 is 2.56 bits per heavy atom. The van der Waals surface area contributed by atoms with Crippen molar-refractivity contribution in [3.8, 4) is 5.75 Å². The zero-order valence-corrected chi connectivity index (χ0v) is 18.6. The molecule has 1 amide bonds. The average Bonchev–Trinajstić information content (AvgIpc) is 3.22. The number of benzene rings is 1. The highest BCUT2D eigenvalue weighted by atomic mass is 16.5. The maximum Gasteiger partial charge on any atom is 0.234 e. The maximum absolute atomic E-state index is 12.4. The molecule has 1 saturated heterocycles. The Morgan fingerprint density at radius 1 is 1.03 bits per heavy atom. The van der Waals surface area contributed by atoms with E-state index >= 15 is 0 Å². The quantitative estimate of drug-likeness (QED) is 0.488. The molecule has 1 aliphatic rings. The minimum absolute atomic E-state index is 0.0548. The fraction of sp³-hybridized carbons (Fsp3) is 0.417. The zero-order chi connectivity index (χ0) is 22.2. The summed E-state index contributed by atoms with van der Waals surface area (Å²) in [5.41, 5.74) is 3.11. The van der Waals surface area contributed by atoms with Gasteiger partial charge in [0.05, 0.1) is 18.8 Å². The molecule has 0 atom stereocenters. The molecule has 1 aromatic carbocycles. The third kappa shape index (κ3) is 6.29. The Kier molecular flexibility index (Phi) is 7.71. The van der Waals surface area contributed by atoms with Gasteiger partial charge < -0.3 is 19.2 Å². The smallest absolute Gasteiger partial charge is 0.234 e.